The number of nitrogens with one attached hydrogen (secondary N) is 1. The summed E-state index contributed by atoms with van der Waals surface area (Å²) in [4.78, 5) is 17.0. The van der Waals surface area contributed by atoms with Gasteiger partial charge in [-0.05, 0) is 36.4 Å². The Morgan fingerprint density at radius 3 is 2.05 bits per heavy atom. The van der Waals surface area contributed by atoms with Gasteiger partial charge in [0.05, 0.1) is 0 Å². The Bertz CT molecular complexity index is 652. The molecule has 2 aromatic rings. The van der Waals surface area contributed by atoms with Gasteiger partial charge < -0.3 is 10.2 Å². The minimum Gasteiger partial charge on any atom is -0.398 e. The van der Waals surface area contributed by atoms with Crippen LogP contribution in [0.15, 0.2) is 53.7 Å². The summed E-state index contributed by atoms with van der Waals surface area (Å²) in [5.41, 5.74) is 1.37. The van der Waals surface area contributed by atoms with E-state index in [0.717, 1.165) is 0 Å². The van der Waals surface area contributed by atoms with E-state index in [0.29, 0.717) is 21.3 Å². The average Bonchev–Trinajstić information content (AvgIpc) is 2.48. The van der Waals surface area contributed by atoms with Crippen molar-refractivity contribution in [2.45, 2.75) is 0 Å². The first kappa shape index (κ1) is 15.4. The van der Waals surface area contributed by atoms with Gasteiger partial charge in [-0.2, -0.15) is 0 Å². The number of carbonyl (C=O) groups is 1. The van der Waals surface area contributed by atoms with E-state index in [1.807, 2.05) is 0 Å². The van der Waals surface area contributed by atoms with Crippen LogP contribution >= 0.6 is 23.2 Å². The molecule has 0 unspecified atom stereocenters. The zero-order valence-electron chi connectivity index (χ0n) is 11.1. The monoisotopic (exact) mass is 322 g/mol. The maximum Gasteiger partial charge on any atom is 0.278 e. The first-order valence-electron chi connectivity index (χ1n) is 6.04. The third-order valence-electron chi connectivity index (χ3n) is 2.62. The van der Waals surface area contributed by atoms with Crippen LogP contribution in [-0.2, 0) is 9.63 Å². The van der Waals surface area contributed by atoms with Crippen molar-refractivity contribution in [3.05, 3.63) is 64.1 Å². The van der Waals surface area contributed by atoms with Crippen LogP contribution in [0.4, 0.5) is 5.69 Å². The second-order valence-electron chi connectivity index (χ2n) is 4.09. The van der Waals surface area contributed by atoms with Gasteiger partial charge in [0.2, 0.25) is 0 Å². The fourth-order valence-corrected chi connectivity index (χ4v) is 1.90. The van der Waals surface area contributed by atoms with Gasteiger partial charge in [-0.1, -0.05) is 40.5 Å². The lowest BCUT2D eigenvalue weighted by Crippen LogP contribution is -2.24. The molecule has 0 fully saturated rings. The summed E-state index contributed by atoms with van der Waals surface area (Å²) in [6, 6.07) is 13.5. The number of oxime groups is 1. The molecule has 0 aliphatic heterocycles. The largest absolute Gasteiger partial charge is 0.398 e. The Hall–Kier alpha value is -2.04. The molecule has 0 saturated carbocycles. The summed E-state index contributed by atoms with van der Waals surface area (Å²) in [5.74, 6) is -0.388. The van der Waals surface area contributed by atoms with E-state index in [1.165, 1.54) is 7.11 Å². The molecule has 6 heteroatoms. The van der Waals surface area contributed by atoms with Gasteiger partial charge in [-0.25, -0.2) is 0 Å². The van der Waals surface area contributed by atoms with Crippen LogP contribution in [0.1, 0.15) is 5.56 Å². The van der Waals surface area contributed by atoms with E-state index < -0.39 is 0 Å². The van der Waals surface area contributed by atoms with E-state index in [1.54, 1.807) is 48.5 Å². The molecule has 0 bridgehead atoms. The minimum absolute atomic E-state index is 0.157. The summed E-state index contributed by atoms with van der Waals surface area (Å²) in [6.45, 7) is 0. The number of hydrogen-bond acceptors (Lipinski definition) is 3. The minimum atomic E-state index is -0.388. The number of benzene rings is 2. The molecule has 0 atom stereocenters. The van der Waals surface area contributed by atoms with Crippen molar-refractivity contribution in [2.75, 3.05) is 12.4 Å². The van der Waals surface area contributed by atoms with Crippen LogP contribution in [0.25, 0.3) is 0 Å². The molecule has 0 aliphatic rings. The lowest BCUT2D eigenvalue weighted by atomic mass is 10.1. The lowest BCUT2D eigenvalue weighted by Gasteiger charge is -2.08. The van der Waals surface area contributed by atoms with Crippen LogP contribution in [0.2, 0.25) is 10.0 Å². The van der Waals surface area contributed by atoms with Crippen LogP contribution < -0.4 is 5.32 Å². The van der Waals surface area contributed by atoms with Gasteiger partial charge >= 0.3 is 0 Å². The number of amides is 1. The molecule has 0 radical (unpaired) electrons. The highest BCUT2D eigenvalue weighted by Crippen LogP contribution is 2.15. The van der Waals surface area contributed by atoms with Crippen molar-refractivity contribution in [3.63, 3.8) is 0 Å². The highest BCUT2D eigenvalue weighted by atomic mass is 35.5. The summed E-state index contributed by atoms with van der Waals surface area (Å²) in [7, 11) is 1.38. The summed E-state index contributed by atoms with van der Waals surface area (Å²) in [5, 5.41) is 7.67. The number of halogens is 2. The molecular formula is C15H12Cl2N2O2. The Kier molecular flexibility index (Phi) is 5.20. The molecule has 1 N–H and O–H groups in total. The van der Waals surface area contributed by atoms with Gasteiger partial charge in [0, 0.05) is 21.3 Å². The second-order valence-corrected chi connectivity index (χ2v) is 4.96. The molecule has 1 amide bonds. The van der Waals surface area contributed by atoms with Crippen molar-refractivity contribution in [1.29, 1.82) is 0 Å². The van der Waals surface area contributed by atoms with E-state index in [4.69, 9.17) is 28.0 Å². The van der Waals surface area contributed by atoms with Gasteiger partial charge in [0.1, 0.15) is 7.11 Å². The first-order valence-corrected chi connectivity index (χ1v) is 6.80. The number of rotatable bonds is 4. The van der Waals surface area contributed by atoms with Crippen LogP contribution in [-0.4, -0.2) is 18.7 Å². The van der Waals surface area contributed by atoms with E-state index in [-0.39, 0.29) is 11.6 Å². The third-order valence-corrected chi connectivity index (χ3v) is 3.12. The molecule has 21 heavy (non-hydrogen) atoms. The zero-order chi connectivity index (χ0) is 15.2. The van der Waals surface area contributed by atoms with Gasteiger partial charge in [-0.3, -0.25) is 4.79 Å². The maximum absolute atomic E-state index is 12.3. The fourth-order valence-electron chi connectivity index (χ4n) is 1.65. The average molecular weight is 323 g/mol. The van der Waals surface area contributed by atoms with E-state index in [2.05, 4.69) is 10.5 Å². The lowest BCUT2D eigenvalue weighted by molar-refractivity contribution is -0.110. The van der Waals surface area contributed by atoms with Crippen LogP contribution in [0.5, 0.6) is 0 Å². The molecular weight excluding hydrogens is 311 g/mol. The molecule has 2 rings (SSSR count). The van der Waals surface area contributed by atoms with Gasteiger partial charge in [-0.15, -0.1) is 0 Å². The second kappa shape index (κ2) is 7.11. The number of nitrogens with zero attached hydrogens (tertiary/aromatic N) is 1. The highest BCUT2D eigenvalue weighted by Gasteiger charge is 2.15. The van der Waals surface area contributed by atoms with Crippen molar-refractivity contribution < 1.29 is 9.63 Å². The van der Waals surface area contributed by atoms with Crippen molar-refractivity contribution in [3.8, 4) is 0 Å². The molecule has 0 spiro atoms. The number of anilines is 1. The zero-order valence-corrected chi connectivity index (χ0v) is 12.7. The Morgan fingerprint density at radius 2 is 1.52 bits per heavy atom. The van der Waals surface area contributed by atoms with Gasteiger partial charge in [0.15, 0.2) is 5.71 Å². The summed E-state index contributed by atoms with van der Waals surface area (Å²) in [6.07, 6.45) is 0. The molecule has 0 heterocycles. The van der Waals surface area contributed by atoms with Gasteiger partial charge in [0.25, 0.3) is 5.91 Å². The van der Waals surface area contributed by atoms with Crippen LogP contribution in [0.3, 0.4) is 0 Å². The Morgan fingerprint density at radius 1 is 1.00 bits per heavy atom. The van der Waals surface area contributed by atoms with Crippen molar-refractivity contribution >= 4 is 40.5 Å². The predicted octanol–water partition coefficient (Wildman–Crippen LogP) is 3.98. The topological polar surface area (TPSA) is 50.7 Å². The van der Waals surface area contributed by atoms with E-state index >= 15 is 0 Å². The highest BCUT2D eigenvalue weighted by molar-refractivity contribution is 6.48. The molecule has 0 aliphatic carbocycles. The fraction of sp³-hybridized carbons (Fsp3) is 0.0667. The summed E-state index contributed by atoms with van der Waals surface area (Å²) < 4.78 is 0. The molecule has 2 aromatic carbocycles. The first-order chi connectivity index (χ1) is 10.1. The number of carbonyl (C=O) groups excluding carboxylic acids is 1. The maximum atomic E-state index is 12.3. The standard InChI is InChI=1S/C15H12Cl2N2O2/c1-21-19-14(10-2-4-11(16)5-3-10)15(20)18-13-8-6-12(17)7-9-13/h2-9H,1H3,(H,18,20)/b19-14+. The molecule has 108 valence electrons. The van der Waals surface area contributed by atoms with Crippen molar-refractivity contribution in [1.82, 2.24) is 0 Å². The Labute approximate surface area is 132 Å². The number of hydrogen-bond donors (Lipinski definition) is 1. The molecule has 0 aromatic heterocycles. The van der Waals surface area contributed by atoms with Crippen molar-refractivity contribution in [2.24, 2.45) is 5.16 Å². The Balaban J connectivity index is 2.22. The smallest absolute Gasteiger partial charge is 0.278 e. The predicted molar refractivity (Wildman–Crippen MR) is 85.1 cm³/mol. The SMILES string of the molecule is CO/N=C(/C(=O)Nc1ccc(Cl)cc1)c1ccc(Cl)cc1. The molecule has 4 nitrogen and oxygen atoms in total. The normalized spacial score (nSPS) is 11.1. The third kappa shape index (κ3) is 4.21. The quantitative estimate of drug-likeness (QED) is 0.683. The summed E-state index contributed by atoms with van der Waals surface area (Å²) >= 11 is 11.6. The van der Waals surface area contributed by atoms with E-state index in [9.17, 15) is 4.79 Å². The molecule has 0 saturated heterocycles. The van der Waals surface area contributed by atoms with Crippen LogP contribution in [0, 0.1) is 0 Å².